The summed E-state index contributed by atoms with van der Waals surface area (Å²) in [6.07, 6.45) is -0.225. The van der Waals surface area contributed by atoms with Gasteiger partial charge in [-0.15, -0.1) is 4.31 Å². The van der Waals surface area contributed by atoms with E-state index in [4.69, 9.17) is 4.74 Å². The first-order valence-corrected chi connectivity index (χ1v) is 12.2. The van der Waals surface area contributed by atoms with Gasteiger partial charge in [-0.3, -0.25) is 26.6 Å². The maximum absolute atomic E-state index is 13.7. The summed E-state index contributed by atoms with van der Waals surface area (Å²) in [5, 5.41) is 16.6. The monoisotopic (exact) mass is 440 g/mol. The highest BCUT2D eigenvalue weighted by molar-refractivity contribution is 7.94. The normalized spacial score (nSPS) is 39.9. The number of hydrogen-bond donors (Lipinski definition) is 5. The van der Waals surface area contributed by atoms with E-state index in [1.807, 2.05) is 6.92 Å². The first kappa shape index (κ1) is 23.4. The van der Waals surface area contributed by atoms with E-state index in [0.29, 0.717) is 39.0 Å². The molecule has 29 heavy (non-hydrogen) atoms. The zero-order valence-corrected chi connectivity index (χ0v) is 17.9. The van der Waals surface area contributed by atoms with E-state index >= 15 is 0 Å². The van der Waals surface area contributed by atoms with E-state index in [2.05, 4.69) is 26.6 Å². The SMILES string of the molecule is CCOC1NC(NC2CCN([S+](C)(=O)[O-])CC2)NC(NC2CCC(F)C(F)C2)N1. The van der Waals surface area contributed by atoms with Gasteiger partial charge in [-0.05, 0) is 39.0 Å². The van der Waals surface area contributed by atoms with Gasteiger partial charge in [0.15, 0.2) is 6.35 Å². The maximum Gasteiger partial charge on any atom is 0.167 e. The minimum atomic E-state index is -3.16. The van der Waals surface area contributed by atoms with Gasteiger partial charge in [0, 0.05) is 31.8 Å². The number of sulfonamides is 1. The molecule has 0 radical (unpaired) electrons. The van der Waals surface area contributed by atoms with E-state index < -0.39 is 29.1 Å². The van der Waals surface area contributed by atoms with Crippen LogP contribution < -0.4 is 26.6 Å². The molecule has 1 saturated carbocycles. The van der Waals surface area contributed by atoms with Gasteiger partial charge in [-0.2, -0.15) is 0 Å². The lowest BCUT2D eigenvalue weighted by atomic mass is 9.92. The molecule has 12 heteroatoms. The van der Waals surface area contributed by atoms with Crippen LogP contribution in [0.1, 0.15) is 39.0 Å². The van der Waals surface area contributed by atoms with Crippen molar-refractivity contribution in [1.29, 1.82) is 0 Å². The molecule has 7 atom stereocenters. The molecule has 0 aromatic heterocycles. The Hall–Kier alpha value is -0.310. The second kappa shape index (κ2) is 10.3. The maximum atomic E-state index is 13.7. The molecule has 1 aliphatic carbocycles. The molecule has 170 valence electrons. The lowest BCUT2D eigenvalue weighted by Crippen LogP contribution is -2.76. The molecule has 9 nitrogen and oxygen atoms in total. The summed E-state index contributed by atoms with van der Waals surface area (Å²) in [5.74, 6) is 0. The smallest absolute Gasteiger partial charge is 0.167 e. The van der Waals surface area contributed by atoms with Crippen LogP contribution in [0.25, 0.3) is 0 Å². The fourth-order valence-electron chi connectivity index (χ4n) is 4.12. The summed E-state index contributed by atoms with van der Waals surface area (Å²) in [6.45, 7) is 3.38. The van der Waals surface area contributed by atoms with E-state index in [9.17, 15) is 17.5 Å². The summed E-state index contributed by atoms with van der Waals surface area (Å²) < 4.78 is 57.6. The van der Waals surface area contributed by atoms with Crippen molar-refractivity contribution in [2.75, 3.05) is 26.0 Å². The molecule has 3 rings (SSSR count). The highest BCUT2D eigenvalue weighted by atomic mass is 32.3. The van der Waals surface area contributed by atoms with Crippen molar-refractivity contribution < 1.29 is 22.3 Å². The Kier molecular flexibility index (Phi) is 8.32. The van der Waals surface area contributed by atoms with Gasteiger partial charge in [0.05, 0.1) is 0 Å². The van der Waals surface area contributed by atoms with Crippen molar-refractivity contribution in [3.63, 3.8) is 0 Å². The number of alkyl halides is 2. The van der Waals surface area contributed by atoms with Crippen LogP contribution in [0.5, 0.6) is 0 Å². The largest absolute Gasteiger partial charge is 0.598 e. The summed E-state index contributed by atoms with van der Waals surface area (Å²) in [5.41, 5.74) is 0. The van der Waals surface area contributed by atoms with Gasteiger partial charge < -0.3 is 9.29 Å². The third-order valence-corrected chi connectivity index (χ3v) is 7.03. The number of nitrogens with zero attached hydrogens (tertiary/aromatic N) is 1. The van der Waals surface area contributed by atoms with E-state index in [1.165, 1.54) is 10.6 Å². The Morgan fingerprint density at radius 1 is 1.03 bits per heavy atom. The third kappa shape index (κ3) is 6.84. The number of ether oxygens (including phenoxy) is 1. The Labute approximate surface area is 172 Å². The fourth-order valence-corrected chi connectivity index (χ4v) is 5.00. The minimum Gasteiger partial charge on any atom is -0.598 e. The molecular weight excluding hydrogens is 406 g/mol. The second-order valence-corrected chi connectivity index (χ2v) is 10.00. The molecule has 3 aliphatic rings. The zero-order valence-electron chi connectivity index (χ0n) is 17.0. The molecule has 0 spiro atoms. The lowest BCUT2D eigenvalue weighted by Gasteiger charge is -2.43. The Balaban J connectivity index is 1.51. The average Bonchev–Trinajstić information content (AvgIpc) is 2.65. The highest BCUT2D eigenvalue weighted by Crippen LogP contribution is 2.24. The highest BCUT2D eigenvalue weighted by Gasteiger charge is 2.35. The van der Waals surface area contributed by atoms with E-state index in [1.54, 1.807) is 0 Å². The predicted molar refractivity (Wildman–Crippen MR) is 105 cm³/mol. The van der Waals surface area contributed by atoms with Crippen LogP contribution in [0.15, 0.2) is 0 Å². The molecule has 7 unspecified atom stereocenters. The quantitative estimate of drug-likeness (QED) is 0.343. The van der Waals surface area contributed by atoms with Gasteiger partial charge in [-0.1, -0.05) is 4.21 Å². The zero-order chi connectivity index (χ0) is 21.0. The molecular formula is C17H34F2N6O3S. The van der Waals surface area contributed by atoms with Gasteiger partial charge in [0.25, 0.3) is 0 Å². The summed E-state index contributed by atoms with van der Waals surface area (Å²) in [6, 6.07) is 0.0252. The Morgan fingerprint density at radius 2 is 1.66 bits per heavy atom. The molecule has 2 aliphatic heterocycles. The standard InChI is InChI=1S/C17H34F2N6O3S/c1-3-28-17-23-15(20-11-6-8-25(9-7-11)29(2,26)27)22-16(24-17)21-12-4-5-13(18)14(19)10-12/h11-17,20-24H,3-10H2,1-2H3. The molecule has 5 N–H and O–H groups in total. The van der Waals surface area contributed by atoms with Gasteiger partial charge in [0.2, 0.25) is 0 Å². The van der Waals surface area contributed by atoms with Crippen LogP contribution in [0.2, 0.25) is 0 Å². The molecule has 0 aromatic carbocycles. The topological polar surface area (TPSA) is 113 Å². The first-order valence-electron chi connectivity index (χ1n) is 10.4. The van der Waals surface area contributed by atoms with Crippen molar-refractivity contribution >= 4 is 10.4 Å². The van der Waals surface area contributed by atoms with Crippen LogP contribution in [-0.4, -0.2) is 78.2 Å². The lowest BCUT2D eigenvalue weighted by molar-refractivity contribution is -0.0493. The molecule has 0 amide bonds. The van der Waals surface area contributed by atoms with Crippen molar-refractivity contribution in [1.82, 2.24) is 30.9 Å². The van der Waals surface area contributed by atoms with Crippen LogP contribution in [0, 0.1) is 0 Å². The number of hydrogen-bond acceptors (Lipinski definition) is 8. The van der Waals surface area contributed by atoms with Gasteiger partial charge in [-0.25, -0.2) is 8.78 Å². The Bertz CT molecular complexity index is 565. The van der Waals surface area contributed by atoms with Crippen molar-refractivity contribution in [2.24, 2.45) is 0 Å². The summed E-state index contributed by atoms with van der Waals surface area (Å²) in [7, 11) is -3.16. The third-order valence-electron chi connectivity index (χ3n) is 5.72. The number of nitrogens with one attached hydrogen (secondary N) is 5. The molecule has 0 aromatic rings. The van der Waals surface area contributed by atoms with Crippen LogP contribution in [0.4, 0.5) is 8.78 Å². The van der Waals surface area contributed by atoms with E-state index in [0.717, 1.165) is 0 Å². The van der Waals surface area contributed by atoms with Gasteiger partial charge in [0.1, 0.15) is 41.6 Å². The molecule has 2 saturated heterocycles. The summed E-state index contributed by atoms with van der Waals surface area (Å²) in [4.78, 5) is 0. The minimum absolute atomic E-state index is 0.124. The number of halogens is 2. The van der Waals surface area contributed by atoms with Crippen LogP contribution in [-0.2, 0) is 19.3 Å². The Morgan fingerprint density at radius 3 is 2.21 bits per heavy atom. The number of rotatable bonds is 7. The van der Waals surface area contributed by atoms with Crippen molar-refractivity contribution in [3.05, 3.63) is 0 Å². The molecule has 3 fully saturated rings. The summed E-state index contributed by atoms with van der Waals surface area (Å²) >= 11 is 0. The van der Waals surface area contributed by atoms with Crippen LogP contribution >= 0.6 is 0 Å². The average molecular weight is 441 g/mol. The van der Waals surface area contributed by atoms with E-state index in [-0.39, 0.29) is 37.5 Å². The van der Waals surface area contributed by atoms with Crippen LogP contribution in [0.3, 0.4) is 0 Å². The predicted octanol–water partition coefficient (Wildman–Crippen LogP) is -0.297. The second-order valence-electron chi connectivity index (χ2n) is 8.01. The molecule has 2 heterocycles. The van der Waals surface area contributed by atoms with Crippen molar-refractivity contribution in [3.8, 4) is 0 Å². The van der Waals surface area contributed by atoms with Crippen molar-refractivity contribution in [2.45, 2.75) is 82.4 Å². The number of piperidine rings is 1. The van der Waals surface area contributed by atoms with Gasteiger partial charge >= 0.3 is 0 Å². The molecule has 0 bridgehead atoms. The fraction of sp³-hybridized carbons (Fsp3) is 1.00. The first-order chi connectivity index (χ1) is 13.7.